The number of rotatable bonds is 5. The van der Waals surface area contributed by atoms with Gasteiger partial charge >= 0.3 is 0 Å². The predicted molar refractivity (Wildman–Crippen MR) is 82.3 cm³/mol. The van der Waals surface area contributed by atoms with Gasteiger partial charge < -0.3 is 0 Å². The van der Waals surface area contributed by atoms with Crippen LogP contribution in [0, 0.1) is 11.6 Å². The van der Waals surface area contributed by atoms with Crippen molar-refractivity contribution in [2.45, 2.75) is 25.2 Å². The molecule has 2 aromatic carbocycles. The summed E-state index contributed by atoms with van der Waals surface area (Å²) in [7, 11) is 0. The van der Waals surface area contributed by atoms with Crippen molar-refractivity contribution in [2.24, 2.45) is 0 Å². The van der Waals surface area contributed by atoms with E-state index in [0.717, 1.165) is 18.1 Å². The van der Waals surface area contributed by atoms with Crippen LogP contribution in [0.5, 0.6) is 0 Å². The smallest absolute Gasteiger partial charge is 0.162 e. The monoisotopic (exact) mass is 338 g/mol. The summed E-state index contributed by atoms with van der Waals surface area (Å²) in [5.41, 5.74) is 1.34. The van der Waals surface area contributed by atoms with E-state index in [1.165, 1.54) is 0 Å². The van der Waals surface area contributed by atoms with Crippen LogP contribution >= 0.6 is 15.9 Å². The lowest BCUT2D eigenvalue weighted by Gasteiger charge is -2.32. The molecule has 0 fully saturated rings. The van der Waals surface area contributed by atoms with Crippen molar-refractivity contribution in [3.05, 3.63) is 71.3 Å². The van der Waals surface area contributed by atoms with E-state index in [1.807, 2.05) is 30.3 Å². The summed E-state index contributed by atoms with van der Waals surface area (Å²) in [4.78, 5) is 0. The van der Waals surface area contributed by atoms with Crippen molar-refractivity contribution in [1.29, 1.82) is 0 Å². The molecule has 1 atom stereocenters. The second kappa shape index (κ2) is 6.49. The molecule has 106 valence electrons. The lowest BCUT2D eigenvalue weighted by Crippen LogP contribution is -2.30. The fraction of sp³-hybridized carbons (Fsp3) is 0.294. The first-order chi connectivity index (χ1) is 9.63. The van der Waals surface area contributed by atoms with Crippen molar-refractivity contribution >= 4 is 15.9 Å². The second-order valence-electron chi connectivity index (χ2n) is 5.02. The Kier molecular flexibility index (Phi) is 4.92. The van der Waals surface area contributed by atoms with E-state index in [1.54, 1.807) is 12.1 Å². The molecule has 0 spiro atoms. The van der Waals surface area contributed by atoms with Gasteiger partial charge in [0, 0.05) is 10.7 Å². The molecule has 0 aliphatic carbocycles. The molecule has 0 saturated heterocycles. The summed E-state index contributed by atoms with van der Waals surface area (Å²) >= 11 is 3.55. The van der Waals surface area contributed by atoms with Gasteiger partial charge in [0.2, 0.25) is 0 Å². The number of hydrogen-bond donors (Lipinski definition) is 0. The van der Waals surface area contributed by atoms with Gasteiger partial charge in [-0.3, -0.25) is 0 Å². The van der Waals surface area contributed by atoms with Gasteiger partial charge in [-0.1, -0.05) is 65.3 Å². The van der Waals surface area contributed by atoms with Crippen molar-refractivity contribution in [2.75, 3.05) is 5.33 Å². The molecular weight excluding hydrogens is 322 g/mol. The third kappa shape index (κ3) is 2.93. The van der Waals surface area contributed by atoms with Crippen LogP contribution in [-0.4, -0.2) is 5.33 Å². The Morgan fingerprint density at radius 2 is 1.70 bits per heavy atom. The van der Waals surface area contributed by atoms with Gasteiger partial charge in [0.25, 0.3) is 0 Å². The van der Waals surface area contributed by atoms with Crippen LogP contribution in [0.1, 0.15) is 24.5 Å². The number of alkyl halides is 1. The van der Waals surface area contributed by atoms with E-state index < -0.39 is 11.6 Å². The zero-order chi connectivity index (χ0) is 14.6. The zero-order valence-electron chi connectivity index (χ0n) is 11.4. The minimum atomic E-state index is -0.782. The molecule has 0 aliphatic rings. The molecule has 1 unspecified atom stereocenters. The van der Waals surface area contributed by atoms with Crippen LogP contribution in [0.2, 0.25) is 0 Å². The standard InChI is InChI=1S/C17H17BrF2/c1-2-17(12-18,14-8-4-3-5-9-14)11-13-7-6-10-15(19)16(13)20/h3-10H,2,11-12H2,1H3. The molecule has 3 heteroatoms. The minimum absolute atomic E-state index is 0.226. The van der Waals surface area contributed by atoms with Gasteiger partial charge in [-0.15, -0.1) is 0 Å². The van der Waals surface area contributed by atoms with E-state index in [4.69, 9.17) is 0 Å². The highest BCUT2D eigenvalue weighted by Gasteiger charge is 2.30. The van der Waals surface area contributed by atoms with Crippen LogP contribution in [0.4, 0.5) is 8.78 Å². The van der Waals surface area contributed by atoms with Crippen LogP contribution in [-0.2, 0) is 11.8 Å². The summed E-state index contributed by atoms with van der Waals surface area (Å²) < 4.78 is 27.3. The Balaban J connectivity index is 2.42. The molecule has 2 rings (SSSR count). The maximum absolute atomic E-state index is 13.9. The molecule has 0 bridgehead atoms. The lowest BCUT2D eigenvalue weighted by atomic mass is 9.75. The highest BCUT2D eigenvalue weighted by molar-refractivity contribution is 9.09. The van der Waals surface area contributed by atoms with Crippen molar-refractivity contribution in [3.8, 4) is 0 Å². The largest absolute Gasteiger partial charge is 0.204 e. The maximum atomic E-state index is 13.9. The number of hydrogen-bond acceptors (Lipinski definition) is 0. The Morgan fingerprint density at radius 3 is 2.30 bits per heavy atom. The lowest BCUT2D eigenvalue weighted by molar-refractivity contribution is 0.438. The second-order valence-corrected chi connectivity index (χ2v) is 5.58. The van der Waals surface area contributed by atoms with E-state index in [-0.39, 0.29) is 5.41 Å². The third-order valence-corrected chi connectivity index (χ3v) is 4.95. The normalized spacial score (nSPS) is 14.0. The zero-order valence-corrected chi connectivity index (χ0v) is 13.0. The minimum Gasteiger partial charge on any atom is -0.204 e. The molecule has 2 aromatic rings. The van der Waals surface area contributed by atoms with E-state index >= 15 is 0 Å². The SMILES string of the molecule is CCC(CBr)(Cc1cccc(F)c1F)c1ccccc1. The number of halogens is 3. The topological polar surface area (TPSA) is 0 Å². The fourth-order valence-electron chi connectivity index (χ4n) is 2.49. The van der Waals surface area contributed by atoms with Gasteiger partial charge in [0.05, 0.1) is 0 Å². The molecule has 0 radical (unpaired) electrons. The third-order valence-electron chi connectivity index (χ3n) is 3.88. The average Bonchev–Trinajstić information content (AvgIpc) is 2.50. The summed E-state index contributed by atoms with van der Waals surface area (Å²) in [5, 5.41) is 0.705. The van der Waals surface area contributed by atoms with Gasteiger partial charge in [0.1, 0.15) is 0 Å². The Bertz CT molecular complexity index is 562. The van der Waals surface area contributed by atoms with Crippen LogP contribution in [0.15, 0.2) is 48.5 Å². The predicted octanol–water partition coefficient (Wildman–Crippen LogP) is 5.25. The quantitative estimate of drug-likeness (QED) is 0.653. The van der Waals surface area contributed by atoms with E-state index in [2.05, 4.69) is 22.9 Å². The van der Waals surface area contributed by atoms with Crippen LogP contribution in [0.3, 0.4) is 0 Å². The molecule has 0 amide bonds. The molecule has 0 heterocycles. The van der Waals surface area contributed by atoms with E-state index in [0.29, 0.717) is 17.3 Å². The Hall–Kier alpha value is -1.22. The molecule has 0 aromatic heterocycles. The van der Waals surface area contributed by atoms with Gasteiger partial charge in [-0.05, 0) is 30.0 Å². The summed E-state index contributed by atoms with van der Waals surface area (Å²) in [6, 6.07) is 14.4. The van der Waals surface area contributed by atoms with Crippen molar-refractivity contribution < 1.29 is 8.78 Å². The molecular formula is C17H17BrF2. The van der Waals surface area contributed by atoms with Gasteiger partial charge in [-0.25, -0.2) is 8.78 Å². The van der Waals surface area contributed by atoms with Crippen LogP contribution in [0.25, 0.3) is 0 Å². The first-order valence-electron chi connectivity index (χ1n) is 6.67. The molecule has 0 aliphatic heterocycles. The highest BCUT2D eigenvalue weighted by Crippen LogP contribution is 2.34. The Morgan fingerprint density at radius 1 is 1.00 bits per heavy atom. The maximum Gasteiger partial charge on any atom is 0.162 e. The van der Waals surface area contributed by atoms with E-state index in [9.17, 15) is 8.78 Å². The fourth-order valence-corrected chi connectivity index (χ4v) is 3.41. The molecule has 0 saturated carbocycles. The summed E-state index contributed by atoms with van der Waals surface area (Å²) in [5.74, 6) is -1.52. The number of benzene rings is 2. The molecule has 0 N–H and O–H groups in total. The Labute approximate surface area is 127 Å². The first kappa shape index (κ1) is 15.2. The summed E-state index contributed by atoms with van der Waals surface area (Å²) in [6.45, 7) is 2.07. The molecule has 20 heavy (non-hydrogen) atoms. The summed E-state index contributed by atoms with van der Waals surface area (Å²) in [6.07, 6.45) is 1.32. The van der Waals surface area contributed by atoms with Gasteiger partial charge in [0.15, 0.2) is 11.6 Å². The highest BCUT2D eigenvalue weighted by atomic mass is 79.9. The van der Waals surface area contributed by atoms with Gasteiger partial charge in [-0.2, -0.15) is 0 Å². The molecule has 0 nitrogen and oxygen atoms in total. The van der Waals surface area contributed by atoms with Crippen molar-refractivity contribution in [1.82, 2.24) is 0 Å². The van der Waals surface area contributed by atoms with Crippen LogP contribution < -0.4 is 0 Å². The van der Waals surface area contributed by atoms with Crippen molar-refractivity contribution in [3.63, 3.8) is 0 Å². The first-order valence-corrected chi connectivity index (χ1v) is 7.79. The average molecular weight is 339 g/mol.